The number of aliphatic imine (C=N–C) groups is 1. The molecule has 1 aliphatic rings. The summed E-state index contributed by atoms with van der Waals surface area (Å²) in [5.41, 5.74) is 2.59. The van der Waals surface area contributed by atoms with Crippen LogP contribution < -0.4 is 10.6 Å². The average Bonchev–Trinajstić information content (AvgIpc) is 2.94. The Bertz CT molecular complexity index is 431. The lowest BCUT2D eigenvalue weighted by atomic mass is 10.1. The fourth-order valence-corrected chi connectivity index (χ4v) is 2.22. The van der Waals surface area contributed by atoms with E-state index in [0.29, 0.717) is 6.10 Å². The lowest BCUT2D eigenvalue weighted by Crippen LogP contribution is -2.40. The van der Waals surface area contributed by atoms with E-state index < -0.39 is 0 Å². The second-order valence-electron chi connectivity index (χ2n) is 4.87. The van der Waals surface area contributed by atoms with Gasteiger partial charge in [-0.05, 0) is 30.9 Å². The van der Waals surface area contributed by atoms with Crippen LogP contribution in [-0.2, 0) is 11.3 Å². The quantitative estimate of drug-likeness (QED) is 0.473. The second-order valence-corrected chi connectivity index (χ2v) is 4.87. The Labute approximate surface area is 138 Å². The van der Waals surface area contributed by atoms with Gasteiger partial charge in [-0.25, -0.2) is 0 Å². The standard InChI is InChI=1S/C15H23N3O.HI/c1-12-6-3-4-7-13(12)10-17-15(16-2)18-11-14-8-5-9-19-14;/h3-4,6-7,14H,5,8-11H2,1-2H3,(H2,16,17,18);1H. The molecule has 1 aromatic carbocycles. The van der Waals surface area contributed by atoms with E-state index in [2.05, 4.69) is 46.8 Å². The van der Waals surface area contributed by atoms with Crippen LogP contribution in [-0.4, -0.2) is 32.3 Å². The van der Waals surface area contributed by atoms with Crippen LogP contribution >= 0.6 is 24.0 Å². The summed E-state index contributed by atoms with van der Waals surface area (Å²) < 4.78 is 5.58. The molecule has 0 spiro atoms. The molecule has 1 saturated heterocycles. The first kappa shape index (κ1) is 17.2. The summed E-state index contributed by atoms with van der Waals surface area (Å²) in [5.74, 6) is 0.832. The zero-order valence-electron chi connectivity index (χ0n) is 12.2. The fraction of sp³-hybridized carbons (Fsp3) is 0.533. The SMILES string of the molecule is CN=C(NCc1ccccc1C)NCC1CCCO1.I. The van der Waals surface area contributed by atoms with Crippen LogP contribution in [0.1, 0.15) is 24.0 Å². The van der Waals surface area contributed by atoms with Crippen molar-refractivity contribution < 1.29 is 4.74 Å². The van der Waals surface area contributed by atoms with Crippen molar-refractivity contribution in [2.75, 3.05) is 20.2 Å². The van der Waals surface area contributed by atoms with Gasteiger partial charge in [0.25, 0.3) is 0 Å². The van der Waals surface area contributed by atoms with Gasteiger partial charge in [0.2, 0.25) is 0 Å². The van der Waals surface area contributed by atoms with Gasteiger partial charge in [-0.2, -0.15) is 0 Å². The summed E-state index contributed by atoms with van der Waals surface area (Å²) >= 11 is 0. The Morgan fingerprint density at radius 2 is 2.15 bits per heavy atom. The van der Waals surface area contributed by atoms with E-state index in [1.165, 1.54) is 17.5 Å². The minimum absolute atomic E-state index is 0. The molecule has 0 radical (unpaired) electrons. The first-order valence-corrected chi connectivity index (χ1v) is 6.90. The van der Waals surface area contributed by atoms with E-state index in [1.807, 2.05) is 0 Å². The third-order valence-electron chi connectivity index (χ3n) is 3.45. The van der Waals surface area contributed by atoms with Gasteiger partial charge in [-0.3, -0.25) is 4.99 Å². The van der Waals surface area contributed by atoms with Crippen LogP contribution in [0.15, 0.2) is 29.3 Å². The van der Waals surface area contributed by atoms with Crippen molar-refractivity contribution in [3.05, 3.63) is 35.4 Å². The summed E-state index contributed by atoms with van der Waals surface area (Å²) in [7, 11) is 1.79. The molecule has 1 aliphatic heterocycles. The predicted octanol–water partition coefficient (Wildman–Crippen LogP) is 2.46. The number of hydrogen-bond acceptors (Lipinski definition) is 2. The van der Waals surface area contributed by atoms with Gasteiger partial charge in [0.15, 0.2) is 5.96 Å². The van der Waals surface area contributed by atoms with Crippen molar-refractivity contribution >= 4 is 29.9 Å². The summed E-state index contributed by atoms with van der Waals surface area (Å²) in [4.78, 5) is 4.23. The van der Waals surface area contributed by atoms with Crippen LogP contribution in [0.5, 0.6) is 0 Å². The molecule has 4 nitrogen and oxygen atoms in total. The Morgan fingerprint density at radius 1 is 1.35 bits per heavy atom. The van der Waals surface area contributed by atoms with Gasteiger partial charge >= 0.3 is 0 Å². The molecule has 0 aromatic heterocycles. The number of nitrogens with zero attached hydrogens (tertiary/aromatic N) is 1. The minimum atomic E-state index is 0. The van der Waals surface area contributed by atoms with E-state index in [-0.39, 0.29) is 24.0 Å². The van der Waals surface area contributed by atoms with E-state index in [0.717, 1.165) is 32.1 Å². The maximum Gasteiger partial charge on any atom is 0.191 e. The molecule has 112 valence electrons. The molecule has 0 saturated carbocycles. The molecule has 1 heterocycles. The molecule has 5 heteroatoms. The van der Waals surface area contributed by atoms with Gasteiger partial charge in [0, 0.05) is 26.7 Å². The molecule has 0 aliphatic carbocycles. The van der Waals surface area contributed by atoms with E-state index in [9.17, 15) is 0 Å². The van der Waals surface area contributed by atoms with Gasteiger partial charge in [-0.1, -0.05) is 24.3 Å². The van der Waals surface area contributed by atoms with Crippen LogP contribution in [0.2, 0.25) is 0 Å². The molecule has 1 aromatic rings. The number of nitrogens with one attached hydrogen (secondary N) is 2. The predicted molar refractivity (Wildman–Crippen MR) is 93.8 cm³/mol. The largest absolute Gasteiger partial charge is 0.376 e. The second kappa shape index (κ2) is 9.18. The number of aryl methyl sites for hydroxylation is 1. The lowest BCUT2D eigenvalue weighted by molar-refractivity contribution is 0.114. The molecule has 0 bridgehead atoms. The molecule has 0 amide bonds. The molecular formula is C15H24IN3O. The molecule has 2 N–H and O–H groups in total. The third kappa shape index (κ3) is 5.28. The van der Waals surface area contributed by atoms with Crippen molar-refractivity contribution in [2.24, 2.45) is 4.99 Å². The zero-order chi connectivity index (χ0) is 13.5. The minimum Gasteiger partial charge on any atom is -0.376 e. The van der Waals surface area contributed by atoms with Gasteiger partial charge in [0.05, 0.1) is 6.10 Å². The maximum atomic E-state index is 5.58. The number of ether oxygens (including phenoxy) is 1. The van der Waals surface area contributed by atoms with Crippen molar-refractivity contribution in [1.29, 1.82) is 0 Å². The summed E-state index contributed by atoms with van der Waals surface area (Å²) in [6.07, 6.45) is 2.64. The number of guanidine groups is 1. The van der Waals surface area contributed by atoms with Crippen molar-refractivity contribution in [1.82, 2.24) is 10.6 Å². The molecule has 1 unspecified atom stereocenters. The smallest absolute Gasteiger partial charge is 0.191 e. The third-order valence-corrected chi connectivity index (χ3v) is 3.45. The highest BCUT2D eigenvalue weighted by Crippen LogP contribution is 2.10. The first-order valence-electron chi connectivity index (χ1n) is 6.90. The van der Waals surface area contributed by atoms with Gasteiger partial charge in [0.1, 0.15) is 0 Å². The van der Waals surface area contributed by atoms with Crippen LogP contribution in [0.4, 0.5) is 0 Å². The summed E-state index contributed by atoms with van der Waals surface area (Å²) in [6, 6.07) is 8.38. The number of hydrogen-bond donors (Lipinski definition) is 2. The highest BCUT2D eigenvalue weighted by Gasteiger charge is 2.15. The van der Waals surface area contributed by atoms with Gasteiger partial charge < -0.3 is 15.4 Å². The molecule has 1 fully saturated rings. The maximum absolute atomic E-state index is 5.58. The average molecular weight is 389 g/mol. The number of rotatable bonds is 4. The van der Waals surface area contributed by atoms with Crippen molar-refractivity contribution in [3.63, 3.8) is 0 Å². The van der Waals surface area contributed by atoms with Crippen LogP contribution in [0.3, 0.4) is 0 Å². The Hall–Kier alpha value is -0.820. The van der Waals surface area contributed by atoms with Gasteiger partial charge in [-0.15, -0.1) is 24.0 Å². The first-order chi connectivity index (χ1) is 9.29. The number of benzene rings is 1. The highest BCUT2D eigenvalue weighted by atomic mass is 127. The van der Waals surface area contributed by atoms with E-state index >= 15 is 0 Å². The van der Waals surface area contributed by atoms with E-state index in [1.54, 1.807) is 7.05 Å². The van der Waals surface area contributed by atoms with Crippen LogP contribution in [0.25, 0.3) is 0 Å². The van der Waals surface area contributed by atoms with Crippen molar-refractivity contribution in [2.45, 2.75) is 32.4 Å². The fourth-order valence-electron chi connectivity index (χ4n) is 2.22. The number of halogens is 1. The normalized spacial score (nSPS) is 18.5. The zero-order valence-corrected chi connectivity index (χ0v) is 14.5. The monoisotopic (exact) mass is 389 g/mol. The molecule has 2 rings (SSSR count). The van der Waals surface area contributed by atoms with Crippen molar-refractivity contribution in [3.8, 4) is 0 Å². The highest BCUT2D eigenvalue weighted by molar-refractivity contribution is 14.0. The van der Waals surface area contributed by atoms with Crippen LogP contribution in [0, 0.1) is 6.92 Å². The topological polar surface area (TPSA) is 45.7 Å². The molecule has 1 atom stereocenters. The molecule has 20 heavy (non-hydrogen) atoms. The lowest BCUT2D eigenvalue weighted by Gasteiger charge is -2.15. The Balaban J connectivity index is 0.00000200. The molecular weight excluding hydrogens is 365 g/mol. The Morgan fingerprint density at radius 3 is 2.80 bits per heavy atom. The van der Waals surface area contributed by atoms with E-state index in [4.69, 9.17) is 4.74 Å². The Kier molecular flexibility index (Phi) is 7.91. The summed E-state index contributed by atoms with van der Waals surface area (Å²) in [6.45, 7) is 4.63. The summed E-state index contributed by atoms with van der Waals surface area (Å²) in [5, 5.41) is 6.65.